The van der Waals surface area contributed by atoms with E-state index in [0.717, 1.165) is 0 Å². The van der Waals surface area contributed by atoms with Gasteiger partial charge in [0.2, 0.25) is 0 Å². The summed E-state index contributed by atoms with van der Waals surface area (Å²) in [6.45, 7) is 0. The summed E-state index contributed by atoms with van der Waals surface area (Å²) in [5.41, 5.74) is 0. The van der Waals surface area contributed by atoms with E-state index in [2.05, 4.69) is 13.6 Å². The molecule has 0 aliphatic rings. The van der Waals surface area contributed by atoms with Gasteiger partial charge < -0.3 is 0 Å². The van der Waals surface area contributed by atoms with Crippen LogP contribution in [-0.4, -0.2) is 37.7 Å². The fraction of sp³-hybridized carbons (Fsp3) is 0. The predicted molar refractivity (Wildman–Crippen MR) is 27.8 cm³/mol. The van der Waals surface area contributed by atoms with Crippen LogP contribution in [0.4, 0.5) is 0 Å². The van der Waals surface area contributed by atoms with E-state index in [9.17, 15) is 0 Å². The molecule has 0 aliphatic heterocycles. The summed E-state index contributed by atoms with van der Waals surface area (Å²) in [7, 11) is 0. The second kappa shape index (κ2) is 17.0. The molecule has 0 fully saturated rings. The summed E-state index contributed by atoms with van der Waals surface area (Å²) in [6.07, 6.45) is 0. The number of hydrogen-bond donors (Lipinski definition) is 0. The molecule has 0 rings (SSSR count). The summed E-state index contributed by atoms with van der Waals surface area (Å²) in [6, 6.07) is 0. The zero-order valence-corrected chi connectivity index (χ0v) is 7.76. The van der Waals surface area contributed by atoms with Gasteiger partial charge in [-0.1, -0.05) is 0 Å². The quantitative estimate of drug-likeness (QED) is 0.561. The Hall–Kier alpha value is 2.84. The molecule has 0 spiro atoms. The predicted octanol–water partition coefficient (Wildman–Crippen LogP) is 0.505. The van der Waals surface area contributed by atoms with Crippen LogP contribution in [0.1, 0.15) is 0 Å². The van der Waals surface area contributed by atoms with Crippen LogP contribution in [-0.2, 0) is 16.3 Å². The third-order valence-electron chi connectivity index (χ3n) is 0. The molecule has 0 N–H and O–H groups in total. The van der Waals surface area contributed by atoms with Crippen LogP contribution >= 0.6 is 30.6 Å². The van der Waals surface area contributed by atoms with Crippen molar-refractivity contribution in [3.63, 3.8) is 0 Å². The average Bonchev–Trinajstić information content (AvgIpc) is 1.00. The SMILES string of the molecule is Br.[CaH2].[Zn][Br]. The summed E-state index contributed by atoms with van der Waals surface area (Å²) in [5.74, 6) is 0. The summed E-state index contributed by atoms with van der Waals surface area (Å²) < 4.78 is 0. The fourth-order valence-electron chi connectivity index (χ4n) is 0. The molecule has 21 valence electrons. The first-order valence-electron chi connectivity index (χ1n) is 0.267. The Labute approximate surface area is 82.9 Å². The van der Waals surface area contributed by atoms with Gasteiger partial charge in [-0.3, -0.25) is 0 Å². The van der Waals surface area contributed by atoms with Crippen LogP contribution in [0.5, 0.6) is 0 Å². The molecule has 0 saturated heterocycles. The van der Waals surface area contributed by atoms with Gasteiger partial charge in [0.1, 0.15) is 0 Å². The van der Waals surface area contributed by atoms with Gasteiger partial charge >= 0.3 is 67.7 Å². The van der Waals surface area contributed by atoms with Gasteiger partial charge in [0.25, 0.3) is 0 Å². The minimum atomic E-state index is 0. The number of halogens is 2. The molecule has 0 aromatic heterocycles. The second-order valence-electron chi connectivity index (χ2n) is 0. The van der Waals surface area contributed by atoms with Crippen molar-refractivity contribution in [3.8, 4) is 0 Å². The summed E-state index contributed by atoms with van der Waals surface area (Å²) >= 11 is 4.25. The Morgan fingerprint density at radius 1 is 1.25 bits per heavy atom. The fourth-order valence-corrected chi connectivity index (χ4v) is 0. The topological polar surface area (TPSA) is 0 Å². The molecule has 4 heavy (non-hydrogen) atoms. The molecular formula is H3Br2CaZn. The van der Waals surface area contributed by atoms with Crippen LogP contribution in [0, 0.1) is 0 Å². The maximum atomic E-state index is 3.06. The van der Waals surface area contributed by atoms with Gasteiger partial charge in [-0.25, -0.2) is 0 Å². The molecule has 0 radical (unpaired) electrons. The molecule has 0 aromatic carbocycles. The van der Waals surface area contributed by atoms with E-state index < -0.39 is 0 Å². The standard InChI is InChI=1S/2BrH.Ca.Zn.2H/h2*1H;;;;/q;;;+1;;/p-1. The van der Waals surface area contributed by atoms with E-state index in [1.807, 2.05) is 0 Å². The van der Waals surface area contributed by atoms with Gasteiger partial charge in [0, 0.05) is 0 Å². The van der Waals surface area contributed by atoms with Crippen molar-refractivity contribution in [3.05, 3.63) is 0 Å². The van der Waals surface area contributed by atoms with Crippen molar-refractivity contribution < 1.29 is 16.3 Å². The minimum absolute atomic E-state index is 0. The van der Waals surface area contributed by atoms with Crippen LogP contribution in [0.25, 0.3) is 0 Å². The molecule has 0 unspecified atom stereocenters. The van der Waals surface area contributed by atoms with Gasteiger partial charge in [0.05, 0.1) is 0 Å². The molecule has 0 amide bonds. The van der Waals surface area contributed by atoms with Crippen molar-refractivity contribution >= 4 is 68.3 Å². The number of hydrogen-bond acceptors (Lipinski definition) is 0. The molecule has 0 atom stereocenters. The molecule has 0 bridgehead atoms. The van der Waals surface area contributed by atoms with E-state index in [0.29, 0.717) is 0 Å². The van der Waals surface area contributed by atoms with Crippen molar-refractivity contribution in [1.29, 1.82) is 0 Å². The Morgan fingerprint density at radius 3 is 1.25 bits per heavy atom. The zero-order chi connectivity index (χ0) is 2.00. The first-order chi connectivity index (χ1) is 1.00. The molecule has 0 aromatic rings. The van der Waals surface area contributed by atoms with Crippen LogP contribution in [0.15, 0.2) is 0 Å². The number of rotatable bonds is 0. The average molecular weight is 268 g/mol. The van der Waals surface area contributed by atoms with E-state index in [1.54, 1.807) is 0 Å². The first-order valence-corrected chi connectivity index (χ1v) is 7.22. The van der Waals surface area contributed by atoms with Gasteiger partial charge in [0.15, 0.2) is 0 Å². The first kappa shape index (κ1) is 15.8. The van der Waals surface area contributed by atoms with Crippen LogP contribution in [0.2, 0.25) is 0 Å². The van der Waals surface area contributed by atoms with Crippen molar-refractivity contribution in [1.82, 2.24) is 0 Å². The Bertz CT molecular complexity index is 6.00. The van der Waals surface area contributed by atoms with Crippen molar-refractivity contribution in [2.45, 2.75) is 0 Å². The molecule has 0 heterocycles. The Kier molecular flexibility index (Phi) is 67.1. The van der Waals surface area contributed by atoms with Crippen molar-refractivity contribution in [2.75, 3.05) is 0 Å². The molecular weight excluding hydrogens is 265 g/mol. The van der Waals surface area contributed by atoms with Gasteiger partial charge in [-0.15, -0.1) is 17.0 Å². The van der Waals surface area contributed by atoms with E-state index in [-0.39, 0.29) is 54.7 Å². The van der Waals surface area contributed by atoms with E-state index in [4.69, 9.17) is 0 Å². The Morgan fingerprint density at radius 2 is 1.25 bits per heavy atom. The van der Waals surface area contributed by atoms with Crippen molar-refractivity contribution in [2.24, 2.45) is 0 Å². The monoisotopic (exact) mass is 265 g/mol. The zero-order valence-electron chi connectivity index (χ0n) is 1.49. The normalized spacial score (nSPS) is 1.75. The third kappa shape index (κ3) is 8.85. The summed E-state index contributed by atoms with van der Waals surface area (Å²) in [4.78, 5) is 0. The molecule has 4 heteroatoms. The van der Waals surface area contributed by atoms with Crippen LogP contribution in [0.3, 0.4) is 0 Å². The molecule has 0 saturated carbocycles. The van der Waals surface area contributed by atoms with E-state index >= 15 is 0 Å². The van der Waals surface area contributed by atoms with Gasteiger partial charge in [-0.2, -0.15) is 0 Å². The summed E-state index contributed by atoms with van der Waals surface area (Å²) in [5, 5.41) is 0. The molecule has 0 nitrogen and oxygen atoms in total. The van der Waals surface area contributed by atoms with Gasteiger partial charge in [-0.05, 0) is 0 Å². The maximum absolute atomic E-state index is 3.06. The van der Waals surface area contributed by atoms with E-state index in [1.165, 1.54) is 16.3 Å². The molecule has 0 aliphatic carbocycles. The third-order valence-corrected chi connectivity index (χ3v) is 0. The second-order valence-corrected chi connectivity index (χ2v) is 0. The Balaban J connectivity index is -0.00000000500. The van der Waals surface area contributed by atoms with Crippen LogP contribution < -0.4 is 0 Å².